The third-order valence-corrected chi connectivity index (χ3v) is 6.75. The first kappa shape index (κ1) is 22.1. The summed E-state index contributed by atoms with van der Waals surface area (Å²) in [7, 11) is 1.66. The third-order valence-electron chi connectivity index (χ3n) is 6.75. The Morgan fingerprint density at radius 3 is 2.06 bits per heavy atom. The number of halogens is 1. The van der Waals surface area contributed by atoms with E-state index in [0.717, 1.165) is 28.0 Å². The van der Waals surface area contributed by atoms with Crippen LogP contribution in [-0.4, -0.2) is 7.11 Å². The number of rotatable bonds is 6. The van der Waals surface area contributed by atoms with Crippen molar-refractivity contribution >= 4 is 5.76 Å². The first-order valence-corrected chi connectivity index (χ1v) is 11.5. The molecule has 4 rings (SSSR count). The van der Waals surface area contributed by atoms with Gasteiger partial charge in [0.15, 0.2) is 0 Å². The van der Waals surface area contributed by atoms with Gasteiger partial charge in [0.1, 0.15) is 11.6 Å². The Kier molecular flexibility index (Phi) is 6.90. The minimum absolute atomic E-state index is 0.197. The van der Waals surface area contributed by atoms with Crippen LogP contribution in [0, 0.1) is 11.7 Å². The summed E-state index contributed by atoms with van der Waals surface area (Å²) in [6, 6.07) is 22.0. The molecule has 0 heterocycles. The van der Waals surface area contributed by atoms with Crippen molar-refractivity contribution in [2.75, 3.05) is 7.11 Å². The molecule has 0 radical (unpaired) electrons. The third kappa shape index (κ3) is 4.70. The molecule has 1 fully saturated rings. The summed E-state index contributed by atoms with van der Waals surface area (Å²) < 4.78 is 20.4. The SMILES string of the molecule is C=CC1CCC(c2ccc(-c3ccc(-c4ccc(/C(=C\C)OC)cc4)cc3F)cc2)CC1. The zero-order chi connectivity index (χ0) is 22.5. The highest BCUT2D eigenvalue weighted by atomic mass is 19.1. The molecule has 0 atom stereocenters. The van der Waals surface area contributed by atoms with E-state index in [4.69, 9.17) is 4.74 Å². The second-order valence-corrected chi connectivity index (χ2v) is 8.60. The molecular weight excluding hydrogens is 395 g/mol. The number of hydrogen-bond donors (Lipinski definition) is 0. The lowest BCUT2D eigenvalue weighted by Crippen LogP contribution is -2.11. The van der Waals surface area contributed by atoms with Crippen LogP contribution in [0.2, 0.25) is 0 Å². The smallest absolute Gasteiger partial charge is 0.131 e. The van der Waals surface area contributed by atoms with Crippen molar-refractivity contribution in [2.45, 2.75) is 38.5 Å². The number of methoxy groups -OCH3 is 1. The van der Waals surface area contributed by atoms with Crippen LogP contribution in [0.4, 0.5) is 4.39 Å². The lowest BCUT2D eigenvalue weighted by atomic mass is 9.78. The van der Waals surface area contributed by atoms with Crippen LogP contribution < -0.4 is 0 Å². The standard InChI is InChI=1S/C30H31FO/c1-4-21-6-8-22(9-7-21)23-10-14-25(15-11-23)28-19-18-27(20-29(28)31)24-12-16-26(17-13-24)30(5-2)32-3/h4-5,10-22H,1,6-9H2,2-3H3/b30-5+. The topological polar surface area (TPSA) is 9.23 Å². The van der Waals surface area contributed by atoms with E-state index in [0.29, 0.717) is 17.4 Å². The van der Waals surface area contributed by atoms with Gasteiger partial charge in [0, 0.05) is 11.1 Å². The Labute approximate surface area is 191 Å². The molecule has 32 heavy (non-hydrogen) atoms. The van der Waals surface area contributed by atoms with Gasteiger partial charge < -0.3 is 4.74 Å². The number of benzene rings is 3. The van der Waals surface area contributed by atoms with Crippen LogP contribution in [0.1, 0.15) is 49.7 Å². The summed E-state index contributed by atoms with van der Waals surface area (Å²) in [5, 5.41) is 0. The molecule has 1 saturated carbocycles. The van der Waals surface area contributed by atoms with Crippen LogP contribution in [0.3, 0.4) is 0 Å². The lowest BCUT2D eigenvalue weighted by Gasteiger charge is -2.27. The van der Waals surface area contributed by atoms with Crippen molar-refractivity contribution in [3.05, 3.63) is 102 Å². The van der Waals surface area contributed by atoms with Gasteiger partial charge in [-0.2, -0.15) is 0 Å². The molecule has 0 amide bonds. The van der Waals surface area contributed by atoms with Crippen LogP contribution in [-0.2, 0) is 4.74 Å². The van der Waals surface area contributed by atoms with Gasteiger partial charge in [0.05, 0.1) is 7.11 Å². The lowest BCUT2D eigenvalue weighted by molar-refractivity contribution is 0.369. The maximum atomic E-state index is 15.0. The van der Waals surface area contributed by atoms with Gasteiger partial charge in [0.2, 0.25) is 0 Å². The molecule has 0 spiro atoms. The van der Waals surface area contributed by atoms with E-state index in [9.17, 15) is 0 Å². The monoisotopic (exact) mass is 426 g/mol. The van der Waals surface area contributed by atoms with E-state index >= 15 is 4.39 Å². The summed E-state index contributed by atoms with van der Waals surface area (Å²) in [6.07, 6.45) is 8.87. The minimum atomic E-state index is -0.197. The fraction of sp³-hybridized carbons (Fsp3) is 0.267. The van der Waals surface area contributed by atoms with Gasteiger partial charge in [-0.1, -0.05) is 66.7 Å². The number of hydrogen-bond acceptors (Lipinski definition) is 1. The van der Waals surface area contributed by atoms with E-state index < -0.39 is 0 Å². The zero-order valence-corrected chi connectivity index (χ0v) is 19.0. The van der Waals surface area contributed by atoms with Crippen molar-refractivity contribution in [3.63, 3.8) is 0 Å². The Hall–Kier alpha value is -3.13. The van der Waals surface area contributed by atoms with E-state index in [2.05, 4.69) is 36.9 Å². The molecule has 0 bridgehead atoms. The van der Waals surface area contributed by atoms with Crippen molar-refractivity contribution in [1.82, 2.24) is 0 Å². The fourth-order valence-corrected chi connectivity index (χ4v) is 4.78. The fourth-order valence-electron chi connectivity index (χ4n) is 4.78. The molecule has 0 aliphatic heterocycles. The average molecular weight is 427 g/mol. The van der Waals surface area contributed by atoms with Crippen LogP contribution in [0.25, 0.3) is 28.0 Å². The molecule has 164 valence electrons. The van der Waals surface area contributed by atoms with Crippen LogP contribution in [0.15, 0.2) is 85.5 Å². The van der Waals surface area contributed by atoms with E-state index in [1.807, 2.05) is 49.4 Å². The van der Waals surface area contributed by atoms with Crippen molar-refractivity contribution in [1.29, 1.82) is 0 Å². The second kappa shape index (κ2) is 9.99. The first-order chi connectivity index (χ1) is 15.6. The van der Waals surface area contributed by atoms with Crippen LogP contribution >= 0.6 is 0 Å². The summed E-state index contributed by atoms with van der Waals surface area (Å²) in [4.78, 5) is 0. The maximum Gasteiger partial charge on any atom is 0.131 e. The largest absolute Gasteiger partial charge is 0.496 e. The summed E-state index contributed by atoms with van der Waals surface area (Å²) in [5.74, 6) is 1.91. The Bertz CT molecular complexity index is 1080. The molecular formula is C30H31FO. The van der Waals surface area contributed by atoms with Crippen LogP contribution in [0.5, 0.6) is 0 Å². The molecule has 2 heteroatoms. The van der Waals surface area contributed by atoms with E-state index in [1.165, 1.54) is 31.2 Å². The molecule has 0 N–H and O–H groups in total. The molecule has 0 unspecified atom stereocenters. The van der Waals surface area contributed by atoms with Crippen molar-refractivity contribution in [2.24, 2.45) is 5.92 Å². The predicted molar refractivity (Wildman–Crippen MR) is 133 cm³/mol. The van der Waals surface area contributed by atoms with E-state index in [-0.39, 0.29) is 5.82 Å². The highest BCUT2D eigenvalue weighted by Gasteiger charge is 2.20. The van der Waals surface area contributed by atoms with Gasteiger partial charge in [0.25, 0.3) is 0 Å². The molecule has 0 saturated heterocycles. The Morgan fingerprint density at radius 1 is 0.875 bits per heavy atom. The quantitative estimate of drug-likeness (QED) is 0.283. The number of allylic oxidation sites excluding steroid dienone is 2. The molecule has 3 aromatic carbocycles. The highest BCUT2D eigenvalue weighted by molar-refractivity contribution is 5.72. The zero-order valence-electron chi connectivity index (χ0n) is 19.0. The Morgan fingerprint density at radius 2 is 1.50 bits per heavy atom. The summed E-state index contributed by atoms with van der Waals surface area (Å²) >= 11 is 0. The normalized spacial score (nSPS) is 18.9. The van der Waals surface area contributed by atoms with Gasteiger partial charge in [-0.25, -0.2) is 4.39 Å². The average Bonchev–Trinajstić information content (AvgIpc) is 2.85. The molecule has 0 aromatic heterocycles. The first-order valence-electron chi connectivity index (χ1n) is 11.5. The predicted octanol–water partition coefficient (Wildman–Crippen LogP) is 8.63. The summed E-state index contributed by atoms with van der Waals surface area (Å²) in [6.45, 7) is 5.88. The number of ether oxygens (including phenoxy) is 1. The van der Waals surface area contributed by atoms with Gasteiger partial charge in [-0.3, -0.25) is 0 Å². The van der Waals surface area contributed by atoms with Crippen molar-refractivity contribution < 1.29 is 9.13 Å². The molecule has 1 nitrogen and oxygen atoms in total. The summed E-state index contributed by atoms with van der Waals surface area (Å²) in [5.41, 5.74) is 5.79. The second-order valence-electron chi connectivity index (χ2n) is 8.60. The Balaban J connectivity index is 1.50. The van der Waals surface area contributed by atoms with Gasteiger partial charge >= 0.3 is 0 Å². The minimum Gasteiger partial charge on any atom is -0.496 e. The molecule has 1 aliphatic rings. The van der Waals surface area contributed by atoms with Crippen molar-refractivity contribution in [3.8, 4) is 22.3 Å². The molecule has 1 aliphatic carbocycles. The highest BCUT2D eigenvalue weighted by Crippen LogP contribution is 2.37. The van der Waals surface area contributed by atoms with E-state index in [1.54, 1.807) is 13.2 Å². The van der Waals surface area contributed by atoms with Gasteiger partial charge in [-0.15, -0.1) is 6.58 Å². The van der Waals surface area contributed by atoms with Gasteiger partial charge in [-0.05, 0) is 78.8 Å². The molecule has 3 aromatic rings. The maximum absolute atomic E-state index is 15.0.